The molecule has 27 heavy (non-hydrogen) atoms. The molecule has 2 aromatic heterocycles. The van der Waals surface area contributed by atoms with Crippen molar-refractivity contribution in [2.75, 3.05) is 11.9 Å². The van der Waals surface area contributed by atoms with Gasteiger partial charge in [0.05, 0.1) is 0 Å². The zero-order chi connectivity index (χ0) is 18.6. The summed E-state index contributed by atoms with van der Waals surface area (Å²) in [5.74, 6) is 0.970. The number of rotatable bonds is 5. The van der Waals surface area contributed by atoms with Gasteiger partial charge in [0.2, 0.25) is 0 Å². The predicted octanol–water partition coefficient (Wildman–Crippen LogP) is 4.67. The Bertz CT molecular complexity index is 1080. The molecule has 1 N–H and O–H groups in total. The number of para-hydroxylation sites is 1. The number of hydrogen-bond acceptors (Lipinski definition) is 3. The number of imidazole rings is 1. The molecule has 0 aliphatic heterocycles. The third-order valence-corrected chi connectivity index (χ3v) is 4.27. The zero-order valence-electron chi connectivity index (χ0n) is 14.3. The monoisotopic (exact) mass is 377 g/mol. The number of anilines is 1. The number of nitrogens with zero attached hydrogens (tertiary/aromatic N) is 2. The second-order valence-corrected chi connectivity index (χ2v) is 6.33. The number of carbonyl (C=O) groups is 1. The van der Waals surface area contributed by atoms with E-state index in [1.54, 1.807) is 24.3 Å². The summed E-state index contributed by atoms with van der Waals surface area (Å²) in [5, 5.41) is 3.56. The summed E-state index contributed by atoms with van der Waals surface area (Å²) in [4.78, 5) is 17.1. The van der Waals surface area contributed by atoms with E-state index in [9.17, 15) is 4.79 Å². The molecule has 4 rings (SSSR count). The maximum Gasteiger partial charge on any atom is 0.263 e. The highest BCUT2D eigenvalue weighted by Crippen LogP contribution is 2.29. The van der Waals surface area contributed by atoms with E-state index in [-0.39, 0.29) is 12.5 Å². The molecule has 0 saturated carbocycles. The third-order valence-electron chi connectivity index (χ3n) is 4.02. The summed E-state index contributed by atoms with van der Waals surface area (Å²) in [6.07, 6.45) is 1.86. The molecule has 6 heteroatoms. The molecule has 0 atom stereocenters. The van der Waals surface area contributed by atoms with E-state index in [1.165, 1.54) is 0 Å². The van der Waals surface area contributed by atoms with Gasteiger partial charge in [0, 0.05) is 16.8 Å². The highest BCUT2D eigenvalue weighted by Gasteiger charge is 2.16. The lowest BCUT2D eigenvalue weighted by molar-refractivity contribution is -0.118. The van der Waals surface area contributed by atoms with E-state index in [4.69, 9.17) is 16.3 Å². The molecule has 0 spiro atoms. The van der Waals surface area contributed by atoms with E-state index < -0.39 is 0 Å². The van der Waals surface area contributed by atoms with Gasteiger partial charge < -0.3 is 10.1 Å². The molecule has 2 heterocycles. The maximum absolute atomic E-state index is 12.5. The topological polar surface area (TPSA) is 55.6 Å². The van der Waals surface area contributed by atoms with E-state index in [2.05, 4.69) is 10.3 Å². The number of carbonyl (C=O) groups excluding carboxylic acids is 1. The van der Waals surface area contributed by atoms with Gasteiger partial charge in [-0.05, 0) is 36.4 Å². The summed E-state index contributed by atoms with van der Waals surface area (Å²) >= 11 is 5.99. The fourth-order valence-electron chi connectivity index (χ4n) is 2.76. The van der Waals surface area contributed by atoms with Crippen LogP contribution in [-0.4, -0.2) is 21.9 Å². The Morgan fingerprint density at radius 2 is 1.74 bits per heavy atom. The molecule has 0 aliphatic rings. The second-order valence-electron chi connectivity index (χ2n) is 5.89. The number of halogens is 1. The van der Waals surface area contributed by atoms with Crippen molar-refractivity contribution in [2.45, 2.75) is 0 Å². The summed E-state index contributed by atoms with van der Waals surface area (Å²) in [5.41, 5.74) is 2.27. The average molecular weight is 378 g/mol. The quantitative estimate of drug-likeness (QED) is 0.549. The zero-order valence-corrected chi connectivity index (χ0v) is 15.1. The van der Waals surface area contributed by atoms with Gasteiger partial charge in [-0.1, -0.05) is 48.0 Å². The fraction of sp³-hybridized carbons (Fsp3) is 0.0476. The van der Waals surface area contributed by atoms with Crippen molar-refractivity contribution in [2.24, 2.45) is 0 Å². The summed E-state index contributed by atoms with van der Waals surface area (Å²) in [6.45, 7) is -0.0931. The van der Waals surface area contributed by atoms with Crippen LogP contribution in [-0.2, 0) is 4.79 Å². The molecule has 0 radical (unpaired) electrons. The number of amides is 1. The molecule has 4 aromatic rings. The minimum absolute atomic E-state index is 0.0931. The molecule has 0 fully saturated rings. The normalized spacial score (nSPS) is 10.7. The van der Waals surface area contributed by atoms with Crippen molar-refractivity contribution < 1.29 is 9.53 Å². The van der Waals surface area contributed by atoms with Crippen molar-refractivity contribution in [1.82, 2.24) is 9.38 Å². The van der Waals surface area contributed by atoms with Crippen LogP contribution in [0.2, 0.25) is 5.02 Å². The lowest BCUT2D eigenvalue weighted by atomic mass is 10.1. The van der Waals surface area contributed by atoms with Gasteiger partial charge in [0.1, 0.15) is 22.9 Å². The van der Waals surface area contributed by atoms with Gasteiger partial charge in [-0.15, -0.1) is 0 Å². The minimum atomic E-state index is -0.264. The van der Waals surface area contributed by atoms with Gasteiger partial charge >= 0.3 is 0 Å². The van der Waals surface area contributed by atoms with E-state index in [0.29, 0.717) is 22.3 Å². The number of fused-ring (bicyclic) bond motifs is 1. The molecule has 0 aliphatic carbocycles. The molecule has 0 unspecified atom stereocenters. The van der Waals surface area contributed by atoms with Crippen molar-refractivity contribution >= 4 is 29.0 Å². The SMILES string of the molecule is O=C(COc1ccccc1)Nc1c(-c2ccc(Cl)cc2)nc2ccccn12. The summed E-state index contributed by atoms with van der Waals surface area (Å²) in [6, 6.07) is 22.2. The van der Waals surface area contributed by atoms with Crippen molar-refractivity contribution in [3.05, 3.63) is 84.0 Å². The highest BCUT2D eigenvalue weighted by molar-refractivity contribution is 6.30. The predicted molar refractivity (Wildman–Crippen MR) is 106 cm³/mol. The van der Waals surface area contributed by atoms with Crippen LogP contribution < -0.4 is 10.1 Å². The lowest BCUT2D eigenvalue weighted by Crippen LogP contribution is -2.21. The van der Waals surface area contributed by atoms with Gasteiger partial charge in [0.25, 0.3) is 5.91 Å². The molecule has 0 bridgehead atoms. The fourth-order valence-corrected chi connectivity index (χ4v) is 2.88. The van der Waals surface area contributed by atoms with Crippen LogP contribution in [0, 0.1) is 0 Å². The Balaban J connectivity index is 1.62. The second kappa shape index (κ2) is 7.51. The van der Waals surface area contributed by atoms with Crippen molar-refractivity contribution in [3.63, 3.8) is 0 Å². The summed E-state index contributed by atoms with van der Waals surface area (Å²) in [7, 11) is 0. The van der Waals surface area contributed by atoms with Crippen LogP contribution in [0.1, 0.15) is 0 Å². The smallest absolute Gasteiger partial charge is 0.263 e. The maximum atomic E-state index is 12.5. The largest absolute Gasteiger partial charge is 0.484 e. The van der Waals surface area contributed by atoms with Crippen LogP contribution >= 0.6 is 11.6 Å². The van der Waals surface area contributed by atoms with Crippen LogP contribution in [0.3, 0.4) is 0 Å². The lowest BCUT2D eigenvalue weighted by Gasteiger charge is -2.09. The first-order chi connectivity index (χ1) is 13.2. The molecule has 1 amide bonds. The van der Waals surface area contributed by atoms with E-state index in [1.807, 2.05) is 59.1 Å². The standard InChI is InChI=1S/C21H16ClN3O2/c22-16-11-9-15(10-12-16)20-21(25-13-5-4-8-18(25)23-20)24-19(26)14-27-17-6-2-1-3-7-17/h1-13H,14H2,(H,24,26). The number of benzene rings is 2. The number of ether oxygens (including phenoxy) is 1. The Morgan fingerprint density at radius 3 is 2.52 bits per heavy atom. The molecule has 0 saturated heterocycles. The Kier molecular flexibility index (Phi) is 4.77. The van der Waals surface area contributed by atoms with Gasteiger partial charge in [-0.2, -0.15) is 0 Å². The van der Waals surface area contributed by atoms with Crippen LogP contribution in [0.25, 0.3) is 16.9 Å². The molecular formula is C21H16ClN3O2. The van der Waals surface area contributed by atoms with Gasteiger partial charge in [-0.25, -0.2) is 4.98 Å². The number of aromatic nitrogens is 2. The van der Waals surface area contributed by atoms with Crippen molar-refractivity contribution in [1.29, 1.82) is 0 Å². The first kappa shape index (κ1) is 17.1. The molecular weight excluding hydrogens is 362 g/mol. The van der Waals surface area contributed by atoms with Crippen LogP contribution in [0.5, 0.6) is 5.75 Å². The van der Waals surface area contributed by atoms with Crippen LogP contribution in [0.15, 0.2) is 79.0 Å². The molecule has 5 nitrogen and oxygen atoms in total. The first-order valence-corrected chi connectivity index (χ1v) is 8.79. The first-order valence-electron chi connectivity index (χ1n) is 8.41. The number of hydrogen-bond donors (Lipinski definition) is 1. The van der Waals surface area contributed by atoms with E-state index in [0.717, 1.165) is 11.2 Å². The minimum Gasteiger partial charge on any atom is -0.484 e. The van der Waals surface area contributed by atoms with Crippen molar-refractivity contribution in [3.8, 4) is 17.0 Å². The Labute approximate surface area is 161 Å². The molecule has 134 valence electrons. The average Bonchev–Trinajstić information content (AvgIpc) is 3.06. The Morgan fingerprint density at radius 1 is 1.00 bits per heavy atom. The van der Waals surface area contributed by atoms with Crippen LogP contribution in [0.4, 0.5) is 5.82 Å². The number of pyridine rings is 1. The van der Waals surface area contributed by atoms with E-state index >= 15 is 0 Å². The Hall–Kier alpha value is -3.31. The highest BCUT2D eigenvalue weighted by atomic mass is 35.5. The van der Waals surface area contributed by atoms with Gasteiger partial charge in [0.15, 0.2) is 6.61 Å². The summed E-state index contributed by atoms with van der Waals surface area (Å²) < 4.78 is 7.37. The number of nitrogens with one attached hydrogen (secondary N) is 1. The third kappa shape index (κ3) is 3.78. The van der Waals surface area contributed by atoms with Gasteiger partial charge in [-0.3, -0.25) is 9.20 Å². The molecule has 2 aromatic carbocycles.